The Bertz CT molecular complexity index is 257. The van der Waals surface area contributed by atoms with Gasteiger partial charge in [0.25, 0.3) is 0 Å². The summed E-state index contributed by atoms with van der Waals surface area (Å²) >= 11 is 0. The van der Waals surface area contributed by atoms with Gasteiger partial charge in [-0.3, -0.25) is 0 Å². The molecule has 13 heavy (non-hydrogen) atoms. The average molecular weight is 181 g/mol. The van der Waals surface area contributed by atoms with E-state index in [2.05, 4.69) is 46.7 Å². The second-order valence-corrected chi connectivity index (χ2v) is 5.58. The summed E-state index contributed by atoms with van der Waals surface area (Å²) in [5.41, 5.74) is 2.46. The van der Waals surface area contributed by atoms with Gasteiger partial charge in [-0.25, -0.2) is 0 Å². The van der Waals surface area contributed by atoms with Crippen LogP contribution in [0.25, 0.3) is 0 Å². The minimum absolute atomic E-state index is 0.0651. The maximum Gasteiger partial charge on any atom is 0.127 e. The highest BCUT2D eigenvalue weighted by molar-refractivity contribution is 5.28. The summed E-state index contributed by atoms with van der Waals surface area (Å²) in [4.78, 5) is 0. The molecule has 1 heterocycles. The van der Waals surface area contributed by atoms with Crippen molar-refractivity contribution in [3.05, 3.63) is 17.5 Å². The fourth-order valence-corrected chi connectivity index (χ4v) is 1.31. The first-order valence-corrected chi connectivity index (χ1v) is 4.68. The zero-order valence-electron chi connectivity index (χ0n) is 9.43. The molecule has 0 aliphatic carbocycles. The Morgan fingerprint density at radius 2 is 1.54 bits per heavy atom. The Labute approximate surface area is 80.3 Å². The van der Waals surface area contributed by atoms with Crippen LogP contribution in [0.3, 0.4) is 0 Å². The molecule has 0 aliphatic heterocycles. The molecule has 0 spiro atoms. The van der Waals surface area contributed by atoms with Crippen LogP contribution in [0.5, 0.6) is 0 Å². The van der Waals surface area contributed by atoms with Gasteiger partial charge in [-0.15, -0.1) is 0 Å². The van der Waals surface area contributed by atoms with Crippen molar-refractivity contribution in [1.29, 1.82) is 0 Å². The molecule has 0 radical (unpaired) electrons. The lowest BCUT2D eigenvalue weighted by atomic mass is 9.80. The maximum absolute atomic E-state index is 5.05. The van der Waals surface area contributed by atoms with E-state index in [0.29, 0.717) is 0 Å². The van der Waals surface area contributed by atoms with Crippen LogP contribution in [-0.2, 0) is 10.8 Å². The topological polar surface area (TPSA) is 26.0 Å². The zero-order valence-corrected chi connectivity index (χ0v) is 9.43. The van der Waals surface area contributed by atoms with Crippen LogP contribution in [0.2, 0.25) is 0 Å². The predicted octanol–water partition coefficient (Wildman–Crippen LogP) is 3.27. The van der Waals surface area contributed by atoms with E-state index in [1.165, 1.54) is 5.56 Å². The molecule has 0 aliphatic rings. The number of hydrogen-bond acceptors (Lipinski definition) is 2. The quantitative estimate of drug-likeness (QED) is 0.614. The molecule has 0 saturated heterocycles. The average Bonchev–Trinajstić information content (AvgIpc) is 2.27. The van der Waals surface area contributed by atoms with E-state index in [0.717, 1.165) is 5.69 Å². The standard InChI is InChI=1S/C11H19NO/c1-10(2,3)8-7-13-12-9(8)11(4,5)6/h7H,1-6H3. The van der Waals surface area contributed by atoms with E-state index < -0.39 is 0 Å². The molecule has 0 unspecified atom stereocenters. The summed E-state index contributed by atoms with van der Waals surface area (Å²) in [7, 11) is 0. The summed E-state index contributed by atoms with van der Waals surface area (Å²) in [5.74, 6) is 0. The second kappa shape index (κ2) is 2.86. The molecule has 1 aromatic heterocycles. The number of rotatable bonds is 0. The number of hydrogen-bond donors (Lipinski definition) is 0. The summed E-state index contributed by atoms with van der Waals surface area (Å²) in [6.07, 6.45) is 1.76. The molecule has 2 nitrogen and oxygen atoms in total. The third-order valence-electron chi connectivity index (χ3n) is 2.09. The molecular weight excluding hydrogens is 162 g/mol. The van der Waals surface area contributed by atoms with Crippen LogP contribution in [-0.4, -0.2) is 5.16 Å². The number of aromatic nitrogens is 1. The van der Waals surface area contributed by atoms with Gasteiger partial charge in [-0.2, -0.15) is 0 Å². The third-order valence-corrected chi connectivity index (χ3v) is 2.09. The van der Waals surface area contributed by atoms with E-state index in [1.807, 2.05) is 0 Å². The Kier molecular flexibility index (Phi) is 2.27. The Morgan fingerprint density at radius 3 is 1.85 bits per heavy atom. The van der Waals surface area contributed by atoms with Crippen molar-refractivity contribution in [2.24, 2.45) is 0 Å². The lowest BCUT2D eigenvalue weighted by Crippen LogP contribution is -2.20. The largest absolute Gasteiger partial charge is 0.364 e. The molecule has 1 rings (SSSR count). The van der Waals surface area contributed by atoms with Gasteiger partial charge in [0.2, 0.25) is 0 Å². The van der Waals surface area contributed by atoms with Gasteiger partial charge in [0.05, 0.1) is 5.69 Å². The minimum atomic E-state index is 0.0651. The molecule has 0 atom stereocenters. The van der Waals surface area contributed by atoms with Crippen molar-refractivity contribution in [2.75, 3.05) is 0 Å². The van der Waals surface area contributed by atoms with Crippen molar-refractivity contribution in [2.45, 2.75) is 52.4 Å². The summed E-state index contributed by atoms with van der Waals surface area (Å²) in [6, 6.07) is 0. The smallest absolute Gasteiger partial charge is 0.127 e. The summed E-state index contributed by atoms with van der Waals surface area (Å²) < 4.78 is 5.05. The molecule has 2 heteroatoms. The Hall–Kier alpha value is -0.790. The molecule has 1 aromatic rings. The van der Waals surface area contributed by atoms with Crippen LogP contribution in [0.4, 0.5) is 0 Å². The lowest BCUT2D eigenvalue weighted by Gasteiger charge is -2.23. The molecule has 0 amide bonds. The minimum Gasteiger partial charge on any atom is -0.364 e. The van der Waals surface area contributed by atoms with Crippen molar-refractivity contribution in [3.63, 3.8) is 0 Å². The normalized spacial score (nSPS) is 13.4. The van der Waals surface area contributed by atoms with Gasteiger partial charge in [-0.05, 0) is 5.41 Å². The molecule has 0 bridgehead atoms. The molecule has 74 valence electrons. The fraction of sp³-hybridized carbons (Fsp3) is 0.727. The summed E-state index contributed by atoms with van der Waals surface area (Å²) in [5, 5.41) is 4.08. The van der Waals surface area contributed by atoms with Gasteiger partial charge in [-0.1, -0.05) is 46.7 Å². The van der Waals surface area contributed by atoms with Crippen molar-refractivity contribution in [3.8, 4) is 0 Å². The molecular formula is C11H19NO. The highest BCUT2D eigenvalue weighted by Gasteiger charge is 2.28. The molecule has 0 fully saturated rings. The van der Waals surface area contributed by atoms with Crippen LogP contribution in [0, 0.1) is 0 Å². The van der Waals surface area contributed by atoms with Gasteiger partial charge >= 0.3 is 0 Å². The summed E-state index contributed by atoms with van der Waals surface area (Å²) in [6.45, 7) is 13.0. The van der Waals surface area contributed by atoms with Gasteiger partial charge in [0, 0.05) is 11.0 Å². The van der Waals surface area contributed by atoms with Crippen LogP contribution in [0.15, 0.2) is 10.8 Å². The molecule has 0 aromatic carbocycles. The predicted molar refractivity (Wildman–Crippen MR) is 53.9 cm³/mol. The van der Waals surface area contributed by atoms with E-state index in [-0.39, 0.29) is 10.8 Å². The first kappa shape index (κ1) is 10.3. The van der Waals surface area contributed by atoms with Gasteiger partial charge in [0.15, 0.2) is 0 Å². The monoisotopic (exact) mass is 181 g/mol. The van der Waals surface area contributed by atoms with Crippen molar-refractivity contribution in [1.82, 2.24) is 5.16 Å². The van der Waals surface area contributed by atoms with Crippen LogP contribution in [0.1, 0.15) is 52.8 Å². The van der Waals surface area contributed by atoms with Crippen LogP contribution < -0.4 is 0 Å². The lowest BCUT2D eigenvalue weighted by molar-refractivity contribution is 0.393. The maximum atomic E-state index is 5.05. The second-order valence-electron chi connectivity index (χ2n) is 5.58. The zero-order chi connectivity index (χ0) is 10.3. The van der Waals surface area contributed by atoms with Crippen LogP contribution >= 0.6 is 0 Å². The third kappa shape index (κ3) is 2.11. The first-order chi connectivity index (χ1) is 5.73. The Morgan fingerprint density at radius 1 is 1.00 bits per heavy atom. The molecule has 0 saturated carbocycles. The first-order valence-electron chi connectivity index (χ1n) is 4.68. The van der Waals surface area contributed by atoms with Crippen molar-refractivity contribution < 1.29 is 4.52 Å². The van der Waals surface area contributed by atoms with Crippen molar-refractivity contribution >= 4 is 0 Å². The molecule has 0 N–H and O–H groups in total. The van der Waals surface area contributed by atoms with Gasteiger partial charge < -0.3 is 4.52 Å². The van der Waals surface area contributed by atoms with E-state index in [1.54, 1.807) is 6.26 Å². The van der Waals surface area contributed by atoms with E-state index in [4.69, 9.17) is 4.52 Å². The Balaban J connectivity index is 3.19. The fourth-order valence-electron chi connectivity index (χ4n) is 1.31. The highest BCUT2D eigenvalue weighted by atomic mass is 16.5. The SMILES string of the molecule is CC(C)(C)c1conc1C(C)(C)C. The van der Waals surface area contributed by atoms with E-state index >= 15 is 0 Å². The van der Waals surface area contributed by atoms with E-state index in [9.17, 15) is 0 Å². The number of nitrogens with zero attached hydrogens (tertiary/aromatic N) is 1. The highest BCUT2D eigenvalue weighted by Crippen LogP contribution is 2.32. The van der Waals surface area contributed by atoms with Gasteiger partial charge in [0.1, 0.15) is 6.26 Å².